The average Bonchev–Trinajstić information content (AvgIpc) is 2.85. The summed E-state index contributed by atoms with van der Waals surface area (Å²) in [5, 5.41) is 12.0. The summed E-state index contributed by atoms with van der Waals surface area (Å²) in [5.41, 5.74) is -0.930. The van der Waals surface area contributed by atoms with Crippen molar-refractivity contribution in [2.45, 2.75) is 39.7 Å². The SMILES string of the molecule is CCC(C#N)(CC)C(=O)NC(C)c1ccco1. The molecule has 0 radical (unpaired) electrons. The fourth-order valence-corrected chi connectivity index (χ4v) is 1.72. The van der Waals surface area contributed by atoms with Crippen LogP contribution in [0.25, 0.3) is 0 Å². The Kier molecular flexibility index (Phi) is 4.33. The smallest absolute Gasteiger partial charge is 0.241 e. The lowest BCUT2D eigenvalue weighted by Crippen LogP contribution is -2.40. The Labute approximate surface area is 102 Å². The molecule has 1 amide bonds. The first kappa shape index (κ1) is 13.3. The number of hydrogen-bond donors (Lipinski definition) is 1. The van der Waals surface area contributed by atoms with Crippen molar-refractivity contribution in [1.29, 1.82) is 5.26 Å². The molecule has 0 saturated carbocycles. The van der Waals surface area contributed by atoms with E-state index in [0.29, 0.717) is 18.6 Å². The van der Waals surface area contributed by atoms with E-state index in [0.717, 1.165) is 0 Å². The number of rotatable bonds is 5. The van der Waals surface area contributed by atoms with E-state index in [4.69, 9.17) is 9.68 Å². The number of nitrogens with one attached hydrogen (secondary N) is 1. The second kappa shape index (κ2) is 5.53. The van der Waals surface area contributed by atoms with E-state index in [1.165, 1.54) is 0 Å². The van der Waals surface area contributed by atoms with Gasteiger partial charge in [-0.3, -0.25) is 4.79 Å². The number of nitrogens with zero attached hydrogens (tertiary/aromatic N) is 1. The first-order chi connectivity index (χ1) is 8.09. The first-order valence-electron chi connectivity index (χ1n) is 5.85. The molecule has 0 bridgehead atoms. The van der Waals surface area contributed by atoms with Crippen LogP contribution in [0.1, 0.15) is 45.4 Å². The predicted molar refractivity (Wildman–Crippen MR) is 63.9 cm³/mol. The number of furan rings is 1. The van der Waals surface area contributed by atoms with Crippen molar-refractivity contribution in [3.63, 3.8) is 0 Å². The molecule has 1 rings (SSSR count). The highest BCUT2D eigenvalue weighted by Crippen LogP contribution is 2.26. The minimum Gasteiger partial charge on any atom is -0.467 e. The van der Waals surface area contributed by atoms with E-state index in [1.54, 1.807) is 18.4 Å². The maximum Gasteiger partial charge on any atom is 0.241 e. The summed E-state index contributed by atoms with van der Waals surface area (Å²) in [6.07, 6.45) is 2.59. The standard InChI is InChI=1S/C13H18N2O2/c1-4-13(5-2,9-14)12(16)15-10(3)11-7-6-8-17-11/h6-8,10H,4-5H2,1-3H3,(H,15,16). The quantitative estimate of drug-likeness (QED) is 0.851. The lowest BCUT2D eigenvalue weighted by atomic mass is 9.83. The molecular weight excluding hydrogens is 216 g/mol. The molecule has 0 fully saturated rings. The van der Waals surface area contributed by atoms with Gasteiger partial charge in [-0.2, -0.15) is 5.26 Å². The van der Waals surface area contributed by atoms with E-state index < -0.39 is 5.41 Å². The van der Waals surface area contributed by atoms with E-state index in [-0.39, 0.29) is 11.9 Å². The Morgan fingerprint density at radius 1 is 1.59 bits per heavy atom. The van der Waals surface area contributed by atoms with Crippen LogP contribution in [0.2, 0.25) is 0 Å². The number of hydrogen-bond acceptors (Lipinski definition) is 3. The normalized spacial score (nSPS) is 12.8. The van der Waals surface area contributed by atoms with Crippen LogP contribution in [-0.4, -0.2) is 5.91 Å². The molecule has 1 aromatic heterocycles. The Morgan fingerprint density at radius 3 is 2.65 bits per heavy atom. The number of nitriles is 1. The maximum atomic E-state index is 12.1. The van der Waals surface area contributed by atoms with Crippen LogP contribution in [0.15, 0.2) is 22.8 Å². The summed E-state index contributed by atoms with van der Waals surface area (Å²) in [7, 11) is 0. The molecule has 0 aliphatic carbocycles. The molecule has 1 aromatic rings. The zero-order valence-electron chi connectivity index (χ0n) is 10.5. The minimum atomic E-state index is -0.930. The second-order valence-corrected chi connectivity index (χ2v) is 4.11. The van der Waals surface area contributed by atoms with Crippen molar-refractivity contribution in [2.24, 2.45) is 5.41 Å². The van der Waals surface area contributed by atoms with Crippen LogP contribution in [0, 0.1) is 16.7 Å². The second-order valence-electron chi connectivity index (χ2n) is 4.11. The van der Waals surface area contributed by atoms with Gasteiger partial charge < -0.3 is 9.73 Å². The van der Waals surface area contributed by atoms with Gasteiger partial charge in [-0.15, -0.1) is 0 Å². The highest BCUT2D eigenvalue weighted by Gasteiger charge is 2.35. The largest absolute Gasteiger partial charge is 0.467 e. The van der Waals surface area contributed by atoms with Gasteiger partial charge in [-0.25, -0.2) is 0 Å². The van der Waals surface area contributed by atoms with Crippen LogP contribution in [0.5, 0.6) is 0 Å². The first-order valence-corrected chi connectivity index (χ1v) is 5.85. The summed E-state index contributed by atoms with van der Waals surface area (Å²) in [6, 6.07) is 5.48. The Morgan fingerprint density at radius 2 is 2.24 bits per heavy atom. The predicted octanol–water partition coefficient (Wildman–Crippen LogP) is 2.79. The molecule has 4 nitrogen and oxygen atoms in total. The topological polar surface area (TPSA) is 66.0 Å². The summed E-state index contributed by atoms with van der Waals surface area (Å²) >= 11 is 0. The van der Waals surface area contributed by atoms with Crippen LogP contribution in [0.3, 0.4) is 0 Å². The van der Waals surface area contributed by atoms with E-state index in [9.17, 15) is 4.79 Å². The van der Waals surface area contributed by atoms with Gasteiger partial charge in [0.05, 0.1) is 18.4 Å². The molecular formula is C13H18N2O2. The van der Waals surface area contributed by atoms with Crippen molar-refractivity contribution in [1.82, 2.24) is 5.32 Å². The van der Waals surface area contributed by atoms with E-state index in [2.05, 4.69) is 11.4 Å². The van der Waals surface area contributed by atoms with Gasteiger partial charge >= 0.3 is 0 Å². The van der Waals surface area contributed by atoms with Gasteiger partial charge in [-0.1, -0.05) is 13.8 Å². The van der Waals surface area contributed by atoms with Crippen LogP contribution >= 0.6 is 0 Å². The number of amides is 1. The molecule has 0 aliphatic rings. The fourth-order valence-electron chi connectivity index (χ4n) is 1.72. The Bertz CT molecular complexity index is 400. The third-order valence-electron chi connectivity index (χ3n) is 3.17. The number of carbonyl (C=O) groups is 1. The fraction of sp³-hybridized carbons (Fsp3) is 0.538. The molecule has 4 heteroatoms. The Balaban J connectivity index is 2.75. The highest BCUT2D eigenvalue weighted by atomic mass is 16.3. The molecule has 17 heavy (non-hydrogen) atoms. The summed E-state index contributed by atoms with van der Waals surface area (Å²) in [4.78, 5) is 12.1. The summed E-state index contributed by atoms with van der Waals surface area (Å²) in [5.74, 6) is 0.464. The maximum absolute atomic E-state index is 12.1. The Hall–Kier alpha value is -1.76. The van der Waals surface area contributed by atoms with Crippen molar-refractivity contribution in [3.05, 3.63) is 24.2 Å². The van der Waals surface area contributed by atoms with Gasteiger partial charge in [0.25, 0.3) is 0 Å². The van der Waals surface area contributed by atoms with Crippen molar-refractivity contribution in [3.8, 4) is 6.07 Å². The third kappa shape index (κ3) is 2.68. The molecule has 1 unspecified atom stereocenters. The van der Waals surface area contributed by atoms with Crippen LogP contribution < -0.4 is 5.32 Å². The van der Waals surface area contributed by atoms with E-state index >= 15 is 0 Å². The average molecular weight is 234 g/mol. The molecule has 0 aromatic carbocycles. The van der Waals surface area contributed by atoms with Gasteiger partial charge in [-0.05, 0) is 31.9 Å². The lowest BCUT2D eigenvalue weighted by Gasteiger charge is -2.24. The van der Waals surface area contributed by atoms with Gasteiger partial charge in [0.1, 0.15) is 11.2 Å². The summed E-state index contributed by atoms with van der Waals surface area (Å²) < 4.78 is 5.21. The zero-order chi connectivity index (χ0) is 12.9. The molecule has 1 heterocycles. The minimum absolute atomic E-state index is 0.219. The van der Waals surface area contributed by atoms with Gasteiger partial charge in [0, 0.05) is 0 Å². The lowest BCUT2D eigenvalue weighted by molar-refractivity contribution is -0.129. The molecule has 92 valence electrons. The van der Waals surface area contributed by atoms with Crippen LogP contribution in [0.4, 0.5) is 0 Å². The van der Waals surface area contributed by atoms with E-state index in [1.807, 2.05) is 20.8 Å². The molecule has 0 aliphatic heterocycles. The molecule has 0 saturated heterocycles. The number of carbonyl (C=O) groups excluding carboxylic acids is 1. The zero-order valence-corrected chi connectivity index (χ0v) is 10.5. The van der Waals surface area contributed by atoms with Crippen molar-refractivity contribution >= 4 is 5.91 Å². The van der Waals surface area contributed by atoms with Crippen molar-refractivity contribution in [2.75, 3.05) is 0 Å². The molecule has 1 N–H and O–H groups in total. The monoisotopic (exact) mass is 234 g/mol. The highest BCUT2D eigenvalue weighted by molar-refractivity contribution is 5.85. The van der Waals surface area contributed by atoms with Crippen LogP contribution in [-0.2, 0) is 4.79 Å². The van der Waals surface area contributed by atoms with Gasteiger partial charge in [0.15, 0.2) is 0 Å². The van der Waals surface area contributed by atoms with Gasteiger partial charge in [0.2, 0.25) is 5.91 Å². The third-order valence-corrected chi connectivity index (χ3v) is 3.17. The molecule has 0 spiro atoms. The summed E-state index contributed by atoms with van der Waals surface area (Å²) in [6.45, 7) is 5.54. The van der Waals surface area contributed by atoms with Crippen molar-refractivity contribution < 1.29 is 9.21 Å². The molecule has 1 atom stereocenters.